The van der Waals surface area contributed by atoms with Gasteiger partial charge in [-0.2, -0.15) is 0 Å². The zero-order valence-corrected chi connectivity index (χ0v) is 17.0. The molecule has 6 heteroatoms. The van der Waals surface area contributed by atoms with Crippen molar-refractivity contribution in [3.63, 3.8) is 0 Å². The van der Waals surface area contributed by atoms with Gasteiger partial charge in [-0.1, -0.05) is 12.1 Å². The van der Waals surface area contributed by atoms with E-state index < -0.39 is 0 Å². The lowest BCUT2D eigenvalue weighted by Crippen LogP contribution is -2.62. The van der Waals surface area contributed by atoms with Crippen LogP contribution >= 0.6 is 0 Å². The van der Waals surface area contributed by atoms with Gasteiger partial charge in [-0.05, 0) is 48.2 Å². The van der Waals surface area contributed by atoms with Crippen LogP contribution in [0, 0.1) is 0 Å². The van der Waals surface area contributed by atoms with Gasteiger partial charge >= 0.3 is 0 Å². The number of nitrogens with zero attached hydrogens (tertiary/aromatic N) is 3. The third-order valence-corrected chi connectivity index (χ3v) is 6.24. The molecule has 0 saturated carbocycles. The van der Waals surface area contributed by atoms with Gasteiger partial charge < -0.3 is 14.4 Å². The lowest BCUT2D eigenvalue weighted by Gasteiger charge is -2.51. The second kappa shape index (κ2) is 9.03. The maximum atomic E-state index is 13.0. The number of hydrogen-bond acceptors (Lipinski definition) is 5. The number of likely N-dealkylation sites (tertiary alicyclic amines) is 1. The Balaban J connectivity index is 1.40. The molecule has 2 aliphatic heterocycles. The molecule has 2 fully saturated rings. The highest BCUT2D eigenvalue weighted by molar-refractivity contribution is 5.94. The number of aromatic nitrogens is 1. The van der Waals surface area contributed by atoms with Gasteiger partial charge in [0.15, 0.2) is 0 Å². The minimum Gasteiger partial charge on any atom is -0.383 e. The van der Waals surface area contributed by atoms with Crippen molar-refractivity contribution in [2.24, 2.45) is 0 Å². The monoisotopic (exact) mass is 395 g/mol. The summed E-state index contributed by atoms with van der Waals surface area (Å²) in [6.45, 7) is 5.64. The number of pyridine rings is 1. The number of piperidine rings is 1. The smallest absolute Gasteiger partial charge is 0.253 e. The van der Waals surface area contributed by atoms with Gasteiger partial charge in [0.05, 0.1) is 19.8 Å². The Morgan fingerprint density at radius 1 is 1.07 bits per heavy atom. The van der Waals surface area contributed by atoms with E-state index in [1.807, 2.05) is 41.3 Å². The van der Waals surface area contributed by atoms with Crippen LogP contribution in [0.2, 0.25) is 0 Å². The number of ether oxygens (including phenoxy) is 2. The van der Waals surface area contributed by atoms with Crippen molar-refractivity contribution < 1.29 is 14.3 Å². The largest absolute Gasteiger partial charge is 0.383 e. The maximum absolute atomic E-state index is 13.0. The summed E-state index contributed by atoms with van der Waals surface area (Å²) >= 11 is 0. The van der Waals surface area contributed by atoms with E-state index in [0.29, 0.717) is 0 Å². The Kier molecular flexibility index (Phi) is 6.23. The summed E-state index contributed by atoms with van der Waals surface area (Å²) < 4.78 is 11.1. The Bertz CT molecular complexity index is 802. The van der Waals surface area contributed by atoms with E-state index in [1.54, 1.807) is 19.5 Å². The Labute approximate surface area is 172 Å². The second-order valence-corrected chi connectivity index (χ2v) is 7.86. The number of methoxy groups -OCH3 is 1. The molecular weight excluding hydrogens is 366 g/mol. The van der Waals surface area contributed by atoms with Gasteiger partial charge in [-0.25, -0.2) is 0 Å². The Hall–Kier alpha value is -2.28. The summed E-state index contributed by atoms with van der Waals surface area (Å²) in [5.41, 5.74) is 2.98. The first-order valence-electron chi connectivity index (χ1n) is 10.3. The number of carbonyl (C=O) groups excluding carboxylic acids is 1. The van der Waals surface area contributed by atoms with Crippen LogP contribution in [-0.2, 0) is 9.47 Å². The van der Waals surface area contributed by atoms with Gasteiger partial charge in [0.25, 0.3) is 5.91 Å². The fraction of sp³-hybridized carbons (Fsp3) is 0.478. The van der Waals surface area contributed by atoms with Gasteiger partial charge in [-0.3, -0.25) is 14.7 Å². The lowest BCUT2D eigenvalue weighted by molar-refractivity contribution is -0.0968. The van der Waals surface area contributed by atoms with Gasteiger partial charge in [0.1, 0.15) is 0 Å². The van der Waals surface area contributed by atoms with Crippen LogP contribution in [-0.4, -0.2) is 79.3 Å². The van der Waals surface area contributed by atoms with Crippen molar-refractivity contribution in [3.05, 3.63) is 54.4 Å². The molecule has 6 nitrogen and oxygen atoms in total. The van der Waals surface area contributed by atoms with E-state index in [0.717, 1.165) is 75.5 Å². The first kappa shape index (κ1) is 20.0. The van der Waals surface area contributed by atoms with E-state index in [-0.39, 0.29) is 11.4 Å². The zero-order chi connectivity index (χ0) is 20.1. The molecule has 0 radical (unpaired) electrons. The fourth-order valence-corrected chi connectivity index (χ4v) is 4.43. The molecule has 1 amide bonds. The van der Waals surface area contributed by atoms with E-state index in [1.165, 1.54) is 0 Å². The number of rotatable bonds is 5. The first-order valence-corrected chi connectivity index (χ1v) is 10.3. The predicted molar refractivity (Wildman–Crippen MR) is 112 cm³/mol. The summed E-state index contributed by atoms with van der Waals surface area (Å²) in [7, 11) is 1.74. The topological polar surface area (TPSA) is 54.9 Å². The molecule has 2 aromatic rings. The number of amides is 1. The number of carbonyl (C=O) groups is 1. The Morgan fingerprint density at radius 2 is 1.76 bits per heavy atom. The van der Waals surface area contributed by atoms with E-state index in [9.17, 15) is 4.79 Å². The maximum Gasteiger partial charge on any atom is 0.253 e. The van der Waals surface area contributed by atoms with E-state index in [2.05, 4.69) is 9.88 Å². The molecular formula is C23H29N3O3. The first-order chi connectivity index (χ1) is 14.2. The van der Waals surface area contributed by atoms with Gasteiger partial charge in [-0.15, -0.1) is 0 Å². The molecule has 1 aromatic heterocycles. The number of morpholine rings is 1. The number of hydrogen-bond donors (Lipinski definition) is 0. The lowest BCUT2D eigenvalue weighted by atomic mass is 9.85. The van der Waals surface area contributed by atoms with Crippen molar-refractivity contribution in [3.8, 4) is 11.1 Å². The minimum absolute atomic E-state index is 0.0404. The molecule has 154 valence electrons. The summed E-state index contributed by atoms with van der Waals surface area (Å²) in [4.78, 5) is 21.6. The minimum atomic E-state index is 0.0404. The zero-order valence-electron chi connectivity index (χ0n) is 17.0. The SMILES string of the molecule is COCCN1CCOCC12CCN(C(=O)c1ccc(-c3ccncc3)cc1)CC2. The number of benzene rings is 1. The summed E-state index contributed by atoms with van der Waals surface area (Å²) in [6.07, 6.45) is 5.45. The highest BCUT2D eigenvalue weighted by Gasteiger charge is 2.42. The summed E-state index contributed by atoms with van der Waals surface area (Å²) in [5, 5.41) is 0. The van der Waals surface area contributed by atoms with Crippen LogP contribution in [0.15, 0.2) is 48.8 Å². The third-order valence-electron chi connectivity index (χ3n) is 6.24. The molecule has 1 spiro atoms. The molecule has 0 unspecified atom stereocenters. The van der Waals surface area contributed by atoms with E-state index >= 15 is 0 Å². The quantitative estimate of drug-likeness (QED) is 0.779. The molecule has 29 heavy (non-hydrogen) atoms. The predicted octanol–water partition coefficient (Wildman–Crippen LogP) is 2.70. The van der Waals surface area contributed by atoms with Crippen molar-refractivity contribution in [1.82, 2.24) is 14.8 Å². The van der Waals surface area contributed by atoms with Crippen molar-refractivity contribution in [2.45, 2.75) is 18.4 Å². The molecule has 2 saturated heterocycles. The van der Waals surface area contributed by atoms with Crippen LogP contribution in [0.25, 0.3) is 11.1 Å². The highest BCUT2D eigenvalue weighted by atomic mass is 16.5. The normalized spacial score (nSPS) is 19.4. The molecule has 0 aliphatic carbocycles. The van der Waals surface area contributed by atoms with E-state index in [4.69, 9.17) is 9.47 Å². The standard InChI is InChI=1S/C23H29N3O3/c1-28-16-14-26-15-17-29-18-23(26)8-12-25(13-9-23)22(27)21-4-2-19(3-5-21)20-6-10-24-11-7-20/h2-7,10-11H,8-9,12-18H2,1H3. The molecule has 1 aromatic carbocycles. The summed E-state index contributed by atoms with van der Waals surface area (Å²) in [5.74, 6) is 0.112. The highest BCUT2D eigenvalue weighted by Crippen LogP contribution is 2.32. The Morgan fingerprint density at radius 3 is 2.45 bits per heavy atom. The molecule has 0 bridgehead atoms. The average Bonchev–Trinajstić information content (AvgIpc) is 2.79. The van der Waals surface area contributed by atoms with Crippen LogP contribution < -0.4 is 0 Å². The average molecular weight is 396 g/mol. The summed E-state index contributed by atoms with van der Waals surface area (Å²) in [6, 6.07) is 11.8. The molecule has 4 rings (SSSR count). The van der Waals surface area contributed by atoms with Crippen LogP contribution in [0.5, 0.6) is 0 Å². The molecule has 0 N–H and O–H groups in total. The van der Waals surface area contributed by atoms with Crippen LogP contribution in [0.4, 0.5) is 0 Å². The molecule has 3 heterocycles. The third kappa shape index (κ3) is 4.34. The van der Waals surface area contributed by atoms with Gasteiger partial charge in [0, 0.05) is 56.8 Å². The molecule has 2 aliphatic rings. The fourth-order valence-electron chi connectivity index (χ4n) is 4.43. The second-order valence-electron chi connectivity index (χ2n) is 7.86. The van der Waals surface area contributed by atoms with Crippen LogP contribution in [0.3, 0.4) is 0 Å². The van der Waals surface area contributed by atoms with Crippen molar-refractivity contribution >= 4 is 5.91 Å². The van der Waals surface area contributed by atoms with Crippen molar-refractivity contribution in [1.29, 1.82) is 0 Å². The van der Waals surface area contributed by atoms with Crippen molar-refractivity contribution in [2.75, 3.05) is 53.1 Å². The van der Waals surface area contributed by atoms with Gasteiger partial charge in [0.2, 0.25) is 0 Å². The molecule has 0 atom stereocenters. The van der Waals surface area contributed by atoms with Crippen LogP contribution in [0.1, 0.15) is 23.2 Å².